The van der Waals surface area contributed by atoms with Crippen LogP contribution in [0.4, 0.5) is 0 Å². The van der Waals surface area contributed by atoms with E-state index in [0.717, 1.165) is 164 Å². The van der Waals surface area contributed by atoms with Crippen LogP contribution in [0.15, 0.2) is 21.9 Å². The fourth-order valence-electron chi connectivity index (χ4n) is 6.43. The molecule has 0 aliphatic carbocycles. The standard InChI is InChI=1S/C48H82O8S/c1-7-13-19-25-31-51-39-37-41(45(53-33-27-21-15-9-3)47(43(39)49)55-35-29-23-17-11-5)57-42-38-40(52-32-26-20-14-8-2)44(50)48(56-36-30-24-18-12-6)46(42)54-34-28-22-16-10-4/h37-38,49-50H,7-36H2,1-6H3. The van der Waals surface area contributed by atoms with Crippen LogP contribution in [0.25, 0.3) is 0 Å². The van der Waals surface area contributed by atoms with Crippen molar-refractivity contribution in [2.24, 2.45) is 0 Å². The first-order valence-corrected chi connectivity index (χ1v) is 24.0. The number of phenols is 2. The van der Waals surface area contributed by atoms with Gasteiger partial charge in [-0.15, -0.1) is 0 Å². The Morgan fingerprint density at radius 2 is 0.579 bits per heavy atom. The summed E-state index contributed by atoms with van der Waals surface area (Å²) in [6.07, 6.45) is 25.3. The molecule has 0 saturated carbocycles. The van der Waals surface area contributed by atoms with Crippen LogP contribution in [-0.4, -0.2) is 49.9 Å². The highest BCUT2D eigenvalue weighted by Gasteiger charge is 2.27. The lowest BCUT2D eigenvalue weighted by atomic mass is 10.2. The molecule has 2 aromatic carbocycles. The van der Waals surface area contributed by atoms with Crippen molar-refractivity contribution in [3.05, 3.63) is 12.1 Å². The lowest BCUT2D eigenvalue weighted by Crippen LogP contribution is -2.07. The second-order valence-corrected chi connectivity index (χ2v) is 16.4. The van der Waals surface area contributed by atoms with Gasteiger partial charge in [-0.2, -0.15) is 0 Å². The Hall–Kier alpha value is -2.81. The van der Waals surface area contributed by atoms with E-state index in [1.54, 1.807) is 0 Å². The summed E-state index contributed by atoms with van der Waals surface area (Å²) in [5.74, 6) is 2.31. The van der Waals surface area contributed by atoms with Crippen molar-refractivity contribution in [3.63, 3.8) is 0 Å². The third-order valence-electron chi connectivity index (χ3n) is 9.99. The minimum atomic E-state index is -0.0285. The van der Waals surface area contributed by atoms with Gasteiger partial charge < -0.3 is 38.6 Å². The smallest absolute Gasteiger partial charge is 0.208 e. The molecule has 8 nitrogen and oxygen atoms in total. The van der Waals surface area contributed by atoms with Gasteiger partial charge in [0.25, 0.3) is 0 Å². The molecular formula is C48H82O8S. The number of hydrogen-bond acceptors (Lipinski definition) is 9. The van der Waals surface area contributed by atoms with E-state index in [0.29, 0.717) is 74.1 Å². The average molecular weight is 819 g/mol. The zero-order chi connectivity index (χ0) is 41.4. The summed E-state index contributed by atoms with van der Waals surface area (Å²) in [7, 11) is 0. The third-order valence-corrected chi connectivity index (χ3v) is 11.0. The van der Waals surface area contributed by atoms with Gasteiger partial charge in [-0.1, -0.05) is 169 Å². The van der Waals surface area contributed by atoms with Gasteiger partial charge in [0.2, 0.25) is 23.0 Å². The molecule has 0 fully saturated rings. The Balaban J connectivity index is 2.75. The molecule has 0 unspecified atom stereocenters. The number of ether oxygens (including phenoxy) is 6. The number of benzene rings is 2. The van der Waals surface area contributed by atoms with E-state index >= 15 is 0 Å². The minimum absolute atomic E-state index is 0.0285. The summed E-state index contributed by atoms with van der Waals surface area (Å²) in [4.78, 5) is 1.47. The Morgan fingerprint density at radius 1 is 0.333 bits per heavy atom. The molecule has 9 heteroatoms. The van der Waals surface area contributed by atoms with Gasteiger partial charge in [0.05, 0.1) is 49.4 Å². The summed E-state index contributed by atoms with van der Waals surface area (Å²) in [6.45, 7) is 16.1. The van der Waals surface area contributed by atoms with Crippen molar-refractivity contribution in [1.82, 2.24) is 0 Å². The molecule has 0 spiro atoms. The zero-order valence-electron chi connectivity index (χ0n) is 37.1. The molecule has 2 N–H and O–H groups in total. The molecule has 0 aliphatic heterocycles. The van der Waals surface area contributed by atoms with Crippen LogP contribution in [0.5, 0.6) is 46.0 Å². The number of aromatic hydroxyl groups is 2. The maximum absolute atomic E-state index is 11.8. The van der Waals surface area contributed by atoms with Crippen molar-refractivity contribution in [3.8, 4) is 46.0 Å². The molecule has 0 heterocycles. The number of phenolic OH excluding ortho intramolecular Hbond substituents is 2. The summed E-state index contributed by atoms with van der Waals surface area (Å²) < 4.78 is 38.7. The highest BCUT2D eigenvalue weighted by molar-refractivity contribution is 7.99. The second kappa shape index (κ2) is 33.1. The first-order valence-electron chi connectivity index (χ1n) is 23.2. The third kappa shape index (κ3) is 20.1. The van der Waals surface area contributed by atoms with Crippen LogP contribution in [0.3, 0.4) is 0 Å². The monoisotopic (exact) mass is 819 g/mol. The van der Waals surface area contributed by atoms with Gasteiger partial charge in [0.1, 0.15) is 0 Å². The van der Waals surface area contributed by atoms with Gasteiger partial charge in [0, 0.05) is 12.1 Å². The maximum atomic E-state index is 11.8. The fraction of sp³-hybridized carbons (Fsp3) is 0.750. The lowest BCUT2D eigenvalue weighted by Gasteiger charge is -2.23. The quantitative estimate of drug-likeness (QED) is 0.0642. The van der Waals surface area contributed by atoms with Gasteiger partial charge in [-0.05, 0) is 38.5 Å². The predicted octanol–water partition coefficient (Wildman–Crippen LogP) is 15.0. The van der Waals surface area contributed by atoms with Crippen LogP contribution in [0, 0.1) is 0 Å². The van der Waals surface area contributed by atoms with Crippen LogP contribution in [0.2, 0.25) is 0 Å². The summed E-state index contributed by atoms with van der Waals surface area (Å²) >= 11 is 1.45. The molecule has 0 aliphatic rings. The summed E-state index contributed by atoms with van der Waals surface area (Å²) in [6, 6.07) is 3.75. The normalized spacial score (nSPS) is 11.2. The van der Waals surface area contributed by atoms with Crippen LogP contribution in [0.1, 0.15) is 196 Å². The average Bonchev–Trinajstić information content (AvgIpc) is 3.21. The second-order valence-electron chi connectivity index (χ2n) is 15.3. The van der Waals surface area contributed by atoms with Crippen molar-refractivity contribution < 1.29 is 38.6 Å². The highest BCUT2D eigenvalue weighted by Crippen LogP contribution is 2.56. The molecule has 0 aromatic heterocycles. The van der Waals surface area contributed by atoms with Crippen molar-refractivity contribution in [2.75, 3.05) is 39.6 Å². The van der Waals surface area contributed by atoms with Crippen LogP contribution in [-0.2, 0) is 0 Å². The molecule has 2 rings (SSSR count). The van der Waals surface area contributed by atoms with E-state index < -0.39 is 0 Å². The number of hydrogen-bond donors (Lipinski definition) is 2. The fourth-order valence-corrected chi connectivity index (χ4v) is 7.49. The molecule has 0 amide bonds. The molecule has 57 heavy (non-hydrogen) atoms. The highest BCUT2D eigenvalue weighted by atomic mass is 32.2. The zero-order valence-corrected chi connectivity index (χ0v) is 37.9. The molecule has 0 saturated heterocycles. The Kier molecular flexibility index (Phi) is 29.2. The number of unbranched alkanes of at least 4 members (excludes halogenated alkanes) is 18. The number of rotatable bonds is 38. The van der Waals surface area contributed by atoms with Crippen LogP contribution < -0.4 is 28.4 Å². The Labute approximate surface area is 352 Å². The molecular weight excluding hydrogens is 737 g/mol. The lowest BCUT2D eigenvalue weighted by molar-refractivity contribution is 0.233. The predicted molar refractivity (Wildman–Crippen MR) is 238 cm³/mol. The van der Waals surface area contributed by atoms with Crippen molar-refractivity contribution >= 4 is 11.8 Å². The first-order chi connectivity index (χ1) is 28.0. The van der Waals surface area contributed by atoms with Crippen molar-refractivity contribution in [2.45, 2.75) is 205 Å². The van der Waals surface area contributed by atoms with Crippen LogP contribution >= 0.6 is 11.8 Å². The molecule has 328 valence electrons. The van der Waals surface area contributed by atoms with E-state index in [4.69, 9.17) is 28.4 Å². The Bertz CT molecular complexity index is 1200. The van der Waals surface area contributed by atoms with Gasteiger partial charge in [0.15, 0.2) is 23.0 Å². The van der Waals surface area contributed by atoms with E-state index in [2.05, 4.69) is 41.5 Å². The molecule has 2 aromatic rings. The van der Waals surface area contributed by atoms with E-state index in [1.807, 2.05) is 12.1 Å². The van der Waals surface area contributed by atoms with E-state index in [9.17, 15) is 10.2 Å². The first kappa shape index (κ1) is 50.3. The SMILES string of the molecule is CCCCCCOc1cc(Sc2cc(OCCCCCC)c(O)c(OCCCCCC)c2OCCCCCC)c(OCCCCCC)c(OCCCCCC)c1O. The molecule has 0 bridgehead atoms. The van der Waals surface area contributed by atoms with E-state index in [-0.39, 0.29) is 11.5 Å². The molecule has 0 radical (unpaired) electrons. The maximum Gasteiger partial charge on any atom is 0.208 e. The summed E-state index contributed by atoms with van der Waals surface area (Å²) in [5.41, 5.74) is 0. The summed E-state index contributed by atoms with van der Waals surface area (Å²) in [5, 5.41) is 23.5. The Morgan fingerprint density at radius 3 is 0.842 bits per heavy atom. The van der Waals surface area contributed by atoms with Crippen molar-refractivity contribution in [1.29, 1.82) is 0 Å². The van der Waals surface area contributed by atoms with E-state index in [1.165, 1.54) is 11.8 Å². The minimum Gasteiger partial charge on any atom is -0.502 e. The largest absolute Gasteiger partial charge is 0.502 e. The van der Waals surface area contributed by atoms with Gasteiger partial charge in [-0.25, -0.2) is 0 Å². The van der Waals surface area contributed by atoms with Gasteiger partial charge >= 0.3 is 0 Å². The topological polar surface area (TPSA) is 95.8 Å². The van der Waals surface area contributed by atoms with Gasteiger partial charge in [-0.3, -0.25) is 0 Å². The molecule has 0 atom stereocenters.